The molecule has 21 nitrogen and oxygen atoms in total. The molecular weight excluding hydrogens is 949 g/mol. The molecule has 2 aliphatic rings. The number of phenols is 4. The minimum absolute atomic E-state index is 0.0151. The van der Waals surface area contributed by atoms with Crippen molar-refractivity contribution in [2.75, 3.05) is 26.9 Å². The van der Waals surface area contributed by atoms with Gasteiger partial charge in [0.15, 0.2) is 30.0 Å². The molecule has 380 valence electrons. The summed E-state index contributed by atoms with van der Waals surface area (Å²) in [6.45, 7) is -1.67. The minimum Gasteiger partial charge on any atom is -0.508 e. The summed E-state index contributed by atoms with van der Waals surface area (Å²) in [7, 11) is 1.33. The molecule has 9 atom stereocenters. The van der Waals surface area contributed by atoms with Gasteiger partial charge in [-0.25, -0.2) is 19.2 Å². The summed E-state index contributed by atoms with van der Waals surface area (Å²) in [5.74, 6) is -8.02. The standard InChI is InChI=1S/C51H50O21/c1-29(52)68-48-45(61)39(26-65-42(58)23-13-33-9-20-37(56)38(25-33)64-2)69-50(47(48)63)72-51(28-67-43(59)22-11-31-5-16-35(54)17-6-31)49(70-44(60)24-12-32-7-18-36(55)19-8-32)46(62)40(71-51)27-66-41(57)21-10-30-3-14-34(53)15-4-30/h3-25,39-40,45-50,53-56,61-63H,26-28H2,1-2H3/t39-,40-,45-,46-,47-,48+,49+,50-,51+/m1/s1. The SMILES string of the molecule is COc1cc(C=CC(=O)OC[C@H]2O[C@H](O[C@]3(COC(=O)C=Cc4ccc(O)cc4)O[C@H](COC(=O)C=Cc4ccc(O)cc4)[C@@H](O)[C@@H]3OC(=O)C=Cc3ccc(O)cc3)[C@H](O)[C@@H](OC(C)=O)[C@@H]2O)ccc1O. The number of carbonyl (C=O) groups excluding carboxylic acids is 5. The number of methoxy groups -OCH3 is 1. The molecule has 0 amide bonds. The summed E-state index contributed by atoms with van der Waals surface area (Å²) in [4.78, 5) is 65.1. The topological polar surface area (TPSA) is 310 Å². The van der Waals surface area contributed by atoms with E-state index in [0.717, 1.165) is 31.2 Å². The molecule has 21 heteroatoms. The maximum Gasteiger partial charge on any atom is 0.331 e. The summed E-state index contributed by atoms with van der Waals surface area (Å²) < 4.78 is 50.7. The summed E-state index contributed by atoms with van der Waals surface area (Å²) in [6, 6.07) is 21.4. The molecule has 2 aliphatic heterocycles. The molecule has 72 heavy (non-hydrogen) atoms. The summed E-state index contributed by atoms with van der Waals surface area (Å²) >= 11 is 0. The first-order valence-electron chi connectivity index (χ1n) is 21.8. The van der Waals surface area contributed by atoms with E-state index < -0.39 is 104 Å². The van der Waals surface area contributed by atoms with E-state index in [2.05, 4.69) is 0 Å². The van der Waals surface area contributed by atoms with E-state index in [1.54, 1.807) is 0 Å². The number of phenolic OH excluding ortho intramolecular Hbond substituents is 4. The van der Waals surface area contributed by atoms with Crippen molar-refractivity contribution in [3.63, 3.8) is 0 Å². The molecule has 7 N–H and O–H groups in total. The molecule has 6 rings (SSSR count). The third-order valence-electron chi connectivity index (χ3n) is 10.7. The molecule has 0 aromatic heterocycles. The van der Waals surface area contributed by atoms with Crippen molar-refractivity contribution >= 4 is 54.2 Å². The number of hydrogen-bond donors (Lipinski definition) is 7. The van der Waals surface area contributed by atoms with Crippen LogP contribution in [0.4, 0.5) is 0 Å². The summed E-state index contributed by atoms with van der Waals surface area (Å²) in [5, 5.41) is 73.8. The summed E-state index contributed by atoms with van der Waals surface area (Å²) in [5.41, 5.74) is 1.80. The maximum absolute atomic E-state index is 13.6. The van der Waals surface area contributed by atoms with Crippen LogP contribution in [0.3, 0.4) is 0 Å². The van der Waals surface area contributed by atoms with Crippen molar-refractivity contribution in [2.24, 2.45) is 0 Å². The highest BCUT2D eigenvalue weighted by Crippen LogP contribution is 2.40. The van der Waals surface area contributed by atoms with Gasteiger partial charge in [0.2, 0.25) is 5.79 Å². The summed E-state index contributed by atoms with van der Waals surface area (Å²) in [6.07, 6.45) is -6.20. The van der Waals surface area contributed by atoms with Crippen LogP contribution in [0.2, 0.25) is 0 Å². The van der Waals surface area contributed by atoms with Crippen molar-refractivity contribution < 1.29 is 102 Å². The lowest BCUT2D eigenvalue weighted by Gasteiger charge is -2.44. The van der Waals surface area contributed by atoms with Crippen molar-refractivity contribution in [2.45, 2.75) is 61.7 Å². The molecule has 0 spiro atoms. The van der Waals surface area contributed by atoms with Crippen LogP contribution in [-0.2, 0) is 61.9 Å². The van der Waals surface area contributed by atoms with Gasteiger partial charge in [0.25, 0.3) is 0 Å². The fourth-order valence-electron chi connectivity index (χ4n) is 7.07. The Labute approximate surface area is 410 Å². The lowest BCUT2D eigenvalue weighted by molar-refractivity contribution is -0.383. The lowest BCUT2D eigenvalue weighted by Crippen LogP contribution is -2.64. The monoisotopic (exact) mass is 998 g/mol. The predicted octanol–water partition coefficient (Wildman–Crippen LogP) is 3.06. The maximum atomic E-state index is 13.6. The van der Waals surface area contributed by atoms with Gasteiger partial charge in [0.05, 0.1) is 7.11 Å². The molecular formula is C51H50O21. The van der Waals surface area contributed by atoms with Crippen LogP contribution in [0.15, 0.2) is 115 Å². The molecule has 0 bridgehead atoms. The Hall–Kier alpha value is -8.05. The van der Waals surface area contributed by atoms with Crippen molar-refractivity contribution in [1.82, 2.24) is 0 Å². The van der Waals surface area contributed by atoms with Crippen molar-refractivity contribution in [3.8, 4) is 28.7 Å². The Morgan fingerprint density at radius 1 is 0.569 bits per heavy atom. The third-order valence-corrected chi connectivity index (χ3v) is 10.7. The minimum atomic E-state index is -2.73. The second kappa shape index (κ2) is 24.7. The van der Waals surface area contributed by atoms with Gasteiger partial charge in [0, 0.05) is 31.2 Å². The van der Waals surface area contributed by atoms with E-state index in [1.807, 2.05) is 0 Å². The van der Waals surface area contributed by atoms with Gasteiger partial charge in [-0.15, -0.1) is 0 Å². The number of carbonyl (C=O) groups is 5. The molecule has 2 saturated heterocycles. The first-order valence-corrected chi connectivity index (χ1v) is 21.8. The molecule has 4 aromatic carbocycles. The van der Waals surface area contributed by atoms with E-state index in [-0.39, 0.29) is 28.7 Å². The lowest BCUT2D eigenvalue weighted by atomic mass is 9.98. The second-order valence-corrected chi connectivity index (χ2v) is 15.9. The van der Waals surface area contributed by atoms with Crippen LogP contribution in [0, 0.1) is 0 Å². The molecule has 0 saturated carbocycles. The Bertz CT molecular complexity index is 2640. The third kappa shape index (κ3) is 14.7. The van der Waals surface area contributed by atoms with E-state index in [0.29, 0.717) is 22.3 Å². The van der Waals surface area contributed by atoms with Gasteiger partial charge in [-0.2, -0.15) is 0 Å². The van der Waals surface area contributed by atoms with Crippen molar-refractivity contribution in [3.05, 3.63) is 138 Å². The van der Waals surface area contributed by atoms with E-state index in [4.69, 9.17) is 42.6 Å². The number of aromatic hydroxyl groups is 4. The Kier molecular flexibility index (Phi) is 18.3. The number of benzene rings is 4. The molecule has 2 fully saturated rings. The van der Waals surface area contributed by atoms with Crippen LogP contribution in [-0.4, -0.2) is 147 Å². The number of ether oxygens (including phenoxy) is 9. The zero-order valence-corrected chi connectivity index (χ0v) is 38.4. The molecule has 0 unspecified atom stereocenters. The highest BCUT2D eigenvalue weighted by Gasteiger charge is 2.62. The highest BCUT2D eigenvalue weighted by molar-refractivity contribution is 5.89. The van der Waals surface area contributed by atoms with E-state index >= 15 is 0 Å². The van der Waals surface area contributed by atoms with Crippen LogP contribution in [0.25, 0.3) is 24.3 Å². The average Bonchev–Trinajstić information content (AvgIpc) is 3.61. The van der Waals surface area contributed by atoms with Gasteiger partial charge < -0.3 is 78.4 Å². The van der Waals surface area contributed by atoms with Gasteiger partial charge in [-0.3, -0.25) is 4.79 Å². The van der Waals surface area contributed by atoms with Crippen LogP contribution in [0.1, 0.15) is 29.2 Å². The zero-order chi connectivity index (χ0) is 52.0. The number of aliphatic hydroxyl groups excluding tert-OH is 3. The fraction of sp³-hybridized carbons (Fsp3) is 0.275. The van der Waals surface area contributed by atoms with Gasteiger partial charge in [-0.1, -0.05) is 42.5 Å². The number of hydrogen-bond acceptors (Lipinski definition) is 21. The highest BCUT2D eigenvalue weighted by atomic mass is 16.8. The Balaban J connectivity index is 1.32. The molecule has 0 radical (unpaired) electrons. The van der Waals surface area contributed by atoms with E-state index in [9.17, 15) is 59.7 Å². The fourth-order valence-corrected chi connectivity index (χ4v) is 7.07. The second-order valence-electron chi connectivity index (χ2n) is 15.9. The molecule has 0 aliphatic carbocycles. The van der Waals surface area contributed by atoms with E-state index in [1.165, 1.54) is 122 Å². The first kappa shape index (κ1) is 53.3. The Morgan fingerprint density at radius 2 is 1.03 bits per heavy atom. The molecule has 4 aromatic rings. The largest absolute Gasteiger partial charge is 0.508 e. The Morgan fingerprint density at radius 3 is 1.53 bits per heavy atom. The predicted molar refractivity (Wildman–Crippen MR) is 249 cm³/mol. The number of esters is 5. The average molecular weight is 999 g/mol. The van der Waals surface area contributed by atoms with Crippen LogP contribution in [0.5, 0.6) is 28.7 Å². The van der Waals surface area contributed by atoms with Gasteiger partial charge in [0.1, 0.15) is 67.6 Å². The number of rotatable bonds is 19. The quantitative estimate of drug-likeness (QED) is 0.0403. The normalized spacial score (nSPS) is 24.1. The first-order chi connectivity index (χ1) is 34.4. The van der Waals surface area contributed by atoms with Gasteiger partial charge >= 0.3 is 29.8 Å². The zero-order valence-electron chi connectivity index (χ0n) is 38.4. The smallest absolute Gasteiger partial charge is 0.331 e. The van der Waals surface area contributed by atoms with Gasteiger partial charge in [-0.05, 0) is 95.1 Å². The van der Waals surface area contributed by atoms with Crippen LogP contribution >= 0.6 is 0 Å². The number of aliphatic hydroxyl groups is 3. The molecule has 2 heterocycles. The van der Waals surface area contributed by atoms with Crippen LogP contribution < -0.4 is 4.74 Å². The van der Waals surface area contributed by atoms with Crippen molar-refractivity contribution in [1.29, 1.82) is 0 Å².